The van der Waals surface area contributed by atoms with E-state index in [9.17, 15) is 14.2 Å². The van der Waals surface area contributed by atoms with E-state index in [1.54, 1.807) is 24.7 Å². The average molecular weight is 617 g/mol. The van der Waals surface area contributed by atoms with Gasteiger partial charge in [0.05, 0.1) is 38.4 Å². The molecule has 0 saturated carbocycles. The molecule has 3 rings (SSSR count). The third-order valence-corrected chi connectivity index (χ3v) is 8.72. The first kappa shape index (κ1) is 33.2. The van der Waals surface area contributed by atoms with Crippen molar-refractivity contribution in [3.05, 3.63) is 6.33 Å². The Morgan fingerprint density at radius 3 is 2.63 bits per heavy atom. The molecule has 4 unspecified atom stereocenters. The number of nitrogens with zero attached hydrogens (tertiary/aromatic N) is 4. The van der Waals surface area contributed by atoms with Gasteiger partial charge in [-0.2, -0.15) is 9.97 Å². The van der Waals surface area contributed by atoms with Gasteiger partial charge < -0.3 is 19.9 Å². The van der Waals surface area contributed by atoms with E-state index in [2.05, 4.69) is 20.0 Å². The Morgan fingerprint density at radius 1 is 1.24 bits per heavy atom. The number of aromatic nitrogens is 4. The Kier molecular flexibility index (Phi) is 11.5. The summed E-state index contributed by atoms with van der Waals surface area (Å²) in [4.78, 5) is 37.4. The number of carbonyl (C=O) groups excluding carboxylic acids is 2. The third kappa shape index (κ3) is 9.35. The molecule has 4 atom stereocenters. The molecule has 1 aliphatic heterocycles. The van der Waals surface area contributed by atoms with Gasteiger partial charge in [-0.15, -0.1) is 0 Å². The van der Waals surface area contributed by atoms with Gasteiger partial charge in [0.25, 0.3) is 0 Å². The molecule has 2 aromatic rings. The number of nitrogen functional groups attached to an aromatic ring is 1. The number of nitrogens with two attached hydrogens (primary N) is 1. The highest BCUT2D eigenvalue weighted by Crippen LogP contribution is 2.46. The molecule has 3 heterocycles. The number of rotatable bonds is 14. The lowest BCUT2D eigenvalue weighted by molar-refractivity contribution is -0.149. The number of hydrogen-bond donors (Lipinski definition) is 2. The lowest BCUT2D eigenvalue weighted by Crippen LogP contribution is -2.36. The predicted molar refractivity (Wildman–Crippen MR) is 154 cm³/mol. The summed E-state index contributed by atoms with van der Waals surface area (Å²) in [5.41, 5.74) is 6.30. The fourth-order valence-electron chi connectivity index (χ4n) is 3.79. The standard InChI is InChI=1S/C25H41N6O8PS/c1-8-35-21-19-20(28-24(26)29-21)31(14-27-19)18-10-9-17(39-18)13-37-40(34,30-16(4)22(32)38-15(2)3)36-11-12-41-23(33)25(5,6)7/h14-18H,8-13H2,1-7H3,(H,30,34)(H2,26,28,29). The summed E-state index contributed by atoms with van der Waals surface area (Å²) in [5, 5.41) is 2.64. The largest absolute Gasteiger partial charge is 0.476 e. The van der Waals surface area contributed by atoms with Crippen molar-refractivity contribution in [1.82, 2.24) is 24.6 Å². The molecule has 0 aromatic carbocycles. The molecular weight excluding hydrogens is 575 g/mol. The summed E-state index contributed by atoms with van der Waals surface area (Å²) in [6.45, 7) is 12.5. The maximum absolute atomic E-state index is 13.7. The number of anilines is 1. The number of imidazole rings is 1. The summed E-state index contributed by atoms with van der Waals surface area (Å²) in [5.74, 6) is 0.0162. The van der Waals surface area contributed by atoms with Crippen molar-refractivity contribution in [2.75, 3.05) is 31.3 Å². The van der Waals surface area contributed by atoms with Gasteiger partial charge in [0.1, 0.15) is 12.3 Å². The molecule has 14 nitrogen and oxygen atoms in total. The number of carbonyl (C=O) groups is 2. The first-order valence-corrected chi connectivity index (χ1v) is 16.1. The van der Waals surface area contributed by atoms with Crippen molar-refractivity contribution in [1.29, 1.82) is 0 Å². The lowest BCUT2D eigenvalue weighted by atomic mass is 10.00. The SMILES string of the molecule is CCOc1nc(N)nc2c1ncn2C1CCC(COP(=O)(NC(C)C(=O)OC(C)C)OCCSC(=O)C(C)(C)C)O1. The van der Waals surface area contributed by atoms with Crippen molar-refractivity contribution < 1.29 is 37.4 Å². The summed E-state index contributed by atoms with van der Waals surface area (Å²) >= 11 is 1.08. The molecule has 0 aliphatic carbocycles. The van der Waals surface area contributed by atoms with Crippen molar-refractivity contribution in [3.8, 4) is 5.88 Å². The third-order valence-electron chi connectivity index (χ3n) is 5.76. The van der Waals surface area contributed by atoms with Gasteiger partial charge in [-0.25, -0.2) is 14.6 Å². The fourth-order valence-corrected chi connectivity index (χ4v) is 6.20. The molecule has 1 fully saturated rings. The normalized spacial score (nSPS) is 19.8. The van der Waals surface area contributed by atoms with Crippen molar-refractivity contribution >= 4 is 47.7 Å². The molecule has 1 aliphatic rings. The molecule has 1 saturated heterocycles. The Bertz CT molecular complexity index is 1250. The number of ether oxygens (including phenoxy) is 3. The van der Waals surface area contributed by atoms with E-state index in [4.69, 9.17) is 29.0 Å². The van der Waals surface area contributed by atoms with Crippen LogP contribution < -0.4 is 15.6 Å². The van der Waals surface area contributed by atoms with Crippen molar-refractivity contribution in [2.45, 2.75) is 85.8 Å². The summed E-state index contributed by atoms with van der Waals surface area (Å²) in [6, 6.07) is -0.966. The first-order chi connectivity index (χ1) is 19.2. The van der Waals surface area contributed by atoms with Crippen LogP contribution >= 0.6 is 19.5 Å². The molecule has 41 heavy (non-hydrogen) atoms. The van der Waals surface area contributed by atoms with Gasteiger partial charge in [0, 0.05) is 11.2 Å². The minimum atomic E-state index is -3.99. The molecule has 3 N–H and O–H groups in total. The molecule has 230 valence electrons. The van der Waals surface area contributed by atoms with Gasteiger partial charge in [-0.05, 0) is 40.5 Å². The summed E-state index contributed by atoms with van der Waals surface area (Å²) < 4.78 is 43.7. The van der Waals surface area contributed by atoms with Crippen LogP contribution in [0.25, 0.3) is 11.2 Å². The van der Waals surface area contributed by atoms with Gasteiger partial charge in [0.15, 0.2) is 16.3 Å². The number of thioether (sulfide) groups is 1. The van der Waals surface area contributed by atoms with Crippen LogP contribution in [-0.4, -0.2) is 74.4 Å². The lowest BCUT2D eigenvalue weighted by Gasteiger charge is -2.24. The second kappa shape index (κ2) is 14.3. The molecule has 2 aromatic heterocycles. The molecule has 0 radical (unpaired) electrons. The van der Waals surface area contributed by atoms with Crippen LogP contribution in [0.4, 0.5) is 5.95 Å². The summed E-state index contributed by atoms with van der Waals surface area (Å²) in [6.07, 6.45) is 1.57. The Labute approximate surface area is 244 Å². The van der Waals surface area contributed by atoms with E-state index >= 15 is 0 Å². The zero-order chi connectivity index (χ0) is 30.4. The smallest absolute Gasteiger partial charge is 0.406 e. The van der Waals surface area contributed by atoms with Gasteiger partial charge in [-0.1, -0.05) is 32.5 Å². The maximum Gasteiger partial charge on any atom is 0.406 e. The Balaban J connectivity index is 1.65. The predicted octanol–water partition coefficient (Wildman–Crippen LogP) is 3.86. The zero-order valence-corrected chi connectivity index (χ0v) is 26.3. The number of hydrogen-bond acceptors (Lipinski definition) is 13. The van der Waals surface area contributed by atoms with Crippen LogP contribution in [0, 0.1) is 5.41 Å². The monoisotopic (exact) mass is 616 g/mol. The Hall–Kier alpha value is -2.29. The number of nitrogens with one attached hydrogen (secondary N) is 1. The Morgan fingerprint density at radius 2 is 1.98 bits per heavy atom. The van der Waals surface area contributed by atoms with E-state index in [0.29, 0.717) is 36.5 Å². The first-order valence-electron chi connectivity index (χ1n) is 13.5. The molecule has 0 amide bonds. The molecular formula is C25H41N6O8PS. The van der Waals surface area contributed by atoms with Crippen LogP contribution in [0.2, 0.25) is 0 Å². The summed E-state index contributed by atoms with van der Waals surface area (Å²) in [7, 11) is -3.99. The number of fused-ring (bicyclic) bond motifs is 1. The quantitative estimate of drug-likeness (QED) is 0.177. The van der Waals surface area contributed by atoms with Crippen LogP contribution in [-0.2, 0) is 32.7 Å². The second-order valence-electron chi connectivity index (χ2n) is 10.8. The van der Waals surface area contributed by atoms with E-state index in [-0.39, 0.29) is 36.1 Å². The van der Waals surface area contributed by atoms with Crippen molar-refractivity contribution in [3.63, 3.8) is 0 Å². The van der Waals surface area contributed by atoms with Gasteiger partial charge in [-0.3, -0.25) is 23.2 Å². The minimum Gasteiger partial charge on any atom is -0.476 e. The topological polar surface area (TPSA) is 179 Å². The fraction of sp³-hybridized carbons (Fsp3) is 0.720. The highest BCUT2D eigenvalue weighted by atomic mass is 32.2. The van der Waals surface area contributed by atoms with Crippen LogP contribution in [0.3, 0.4) is 0 Å². The highest BCUT2D eigenvalue weighted by Gasteiger charge is 2.35. The maximum atomic E-state index is 13.7. The molecule has 0 bridgehead atoms. The van der Waals surface area contributed by atoms with Gasteiger partial charge >= 0.3 is 13.7 Å². The van der Waals surface area contributed by atoms with Crippen molar-refractivity contribution in [2.24, 2.45) is 5.41 Å². The van der Waals surface area contributed by atoms with E-state index in [1.165, 1.54) is 6.92 Å². The van der Waals surface area contributed by atoms with E-state index in [1.807, 2.05) is 27.7 Å². The van der Waals surface area contributed by atoms with E-state index in [0.717, 1.165) is 11.8 Å². The number of esters is 1. The minimum absolute atomic E-state index is 0.0171. The van der Waals surface area contributed by atoms with Crippen LogP contribution in [0.15, 0.2) is 6.33 Å². The molecule has 0 spiro atoms. The zero-order valence-electron chi connectivity index (χ0n) is 24.6. The molecule has 16 heteroatoms. The average Bonchev–Trinajstić information content (AvgIpc) is 3.51. The van der Waals surface area contributed by atoms with E-state index < -0.39 is 37.5 Å². The van der Waals surface area contributed by atoms with Gasteiger partial charge in [0.2, 0.25) is 11.8 Å². The van der Waals surface area contributed by atoms with Crippen LogP contribution in [0.1, 0.15) is 67.5 Å². The van der Waals surface area contributed by atoms with Crippen LogP contribution in [0.5, 0.6) is 5.88 Å². The highest BCUT2D eigenvalue weighted by molar-refractivity contribution is 8.13. The second-order valence-corrected chi connectivity index (χ2v) is 13.6.